The highest BCUT2D eigenvalue weighted by Crippen LogP contribution is 2.25. The first-order valence-corrected chi connectivity index (χ1v) is 6.82. The molecule has 0 heterocycles. The monoisotopic (exact) mass is 295 g/mol. The summed E-state index contributed by atoms with van der Waals surface area (Å²) in [4.78, 5) is 0. The van der Waals surface area contributed by atoms with Crippen molar-refractivity contribution < 1.29 is 8.78 Å². The van der Waals surface area contributed by atoms with E-state index < -0.39 is 11.6 Å². The van der Waals surface area contributed by atoms with Gasteiger partial charge < -0.3 is 5.32 Å². The van der Waals surface area contributed by atoms with E-state index >= 15 is 0 Å². The van der Waals surface area contributed by atoms with Gasteiger partial charge in [0.2, 0.25) is 0 Å². The molecule has 1 N–H and O–H groups in total. The summed E-state index contributed by atoms with van der Waals surface area (Å²) in [5.41, 5.74) is 1.13. The van der Waals surface area contributed by atoms with Gasteiger partial charge in [0, 0.05) is 23.0 Å². The van der Waals surface area contributed by atoms with Gasteiger partial charge in [0.25, 0.3) is 0 Å². The fourth-order valence-corrected chi connectivity index (χ4v) is 2.39. The van der Waals surface area contributed by atoms with Gasteiger partial charge in [0.15, 0.2) is 0 Å². The molecule has 2 aromatic rings. The summed E-state index contributed by atoms with van der Waals surface area (Å²) in [7, 11) is 1.82. The second-order valence-corrected chi connectivity index (χ2v) is 5.15. The van der Waals surface area contributed by atoms with Crippen LogP contribution in [0.4, 0.5) is 8.78 Å². The van der Waals surface area contributed by atoms with E-state index in [1.54, 1.807) is 12.1 Å². The number of likely N-dealkylation sites (N-methyl/N-ethyl adjacent to an activating group) is 1. The molecule has 0 aliphatic rings. The molecule has 0 saturated carbocycles. The van der Waals surface area contributed by atoms with E-state index in [0.717, 1.165) is 5.56 Å². The molecule has 0 amide bonds. The first-order valence-electron chi connectivity index (χ1n) is 6.44. The minimum Gasteiger partial charge on any atom is -0.319 e. The minimum atomic E-state index is -0.500. The summed E-state index contributed by atoms with van der Waals surface area (Å²) >= 11 is 5.87. The second-order valence-electron chi connectivity index (χ2n) is 4.71. The van der Waals surface area contributed by atoms with Crippen LogP contribution in [-0.2, 0) is 6.42 Å². The van der Waals surface area contributed by atoms with E-state index in [1.165, 1.54) is 18.2 Å². The van der Waals surface area contributed by atoms with Gasteiger partial charge in [-0.15, -0.1) is 0 Å². The van der Waals surface area contributed by atoms with E-state index in [9.17, 15) is 8.78 Å². The van der Waals surface area contributed by atoms with Crippen LogP contribution in [0.1, 0.15) is 17.0 Å². The molecule has 1 unspecified atom stereocenters. The predicted molar refractivity (Wildman–Crippen MR) is 78.2 cm³/mol. The van der Waals surface area contributed by atoms with Crippen LogP contribution in [0.5, 0.6) is 0 Å². The van der Waals surface area contributed by atoms with Crippen LogP contribution in [0.2, 0.25) is 5.02 Å². The van der Waals surface area contributed by atoms with Crippen molar-refractivity contribution in [1.29, 1.82) is 0 Å². The zero-order valence-corrected chi connectivity index (χ0v) is 11.9. The molecular formula is C16H16ClF2N. The molecule has 0 fully saturated rings. The smallest absolute Gasteiger partial charge is 0.129 e. The zero-order chi connectivity index (χ0) is 14.5. The highest BCUT2D eigenvalue weighted by Gasteiger charge is 2.17. The lowest BCUT2D eigenvalue weighted by atomic mass is 9.91. The predicted octanol–water partition coefficient (Wildman–Crippen LogP) is 4.16. The van der Waals surface area contributed by atoms with Crippen molar-refractivity contribution in [3.63, 3.8) is 0 Å². The van der Waals surface area contributed by atoms with Crippen molar-refractivity contribution in [2.24, 2.45) is 0 Å². The fraction of sp³-hybridized carbons (Fsp3) is 0.250. The van der Waals surface area contributed by atoms with Gasteiger partial charge in [-0.1, -0.05) is 29.8 Å². The van der Waals surface area contributed by atoms with Crippen LogP contribution in [-0.4, -0.2) is 13.6 Å². The molecule has 4 heteroatoms. The number of benzene rings is 2. The van der Waals surface area contributed by atoms with E-state index in [1.807, 2.05) is 19.2 Å². The van der Waals surface area contributed by atoms with Crippen LogP contribution >= 0.6 is 11.6 Å². The van der Waals surface area contributed by atoms with Crippen molar-refractivity contribution in [2.75, 3.05) is 13.6 Å². The van der Waals surface area contributed by atoms with Gasteiger partial charge in [0.1, 0.15) is 11.6 Å². The molecule has 0 spiro atoms. The third-order valence-electron chi connectivity index (χ3n) is 3.30. The second kappa shape index (κ2) is 6.82. The largest absolute Gasteiger partial charge is 0.319 e. The summed E-state index contributed by atoms with van der Waals surface area (Å²) in [5, 5.41) is 3.71. The summed E-state index contributed by atoms with van der Waals surface area (Å²) in [6, 6.07) is 11.3. The molecule has 0 radical (unpaired) electrons. The van der Waals surface area contributed by atoms with Crippen molar-refractivity contribution in [1.82, 2.24) is 5.32 Å². The summed E-state index contributed by atoms with van der Waals surface area (Å²) in [5.74, 6) is -1.01. The number of rotatable bonds is 5. The van der Waals surface area contributed by atoms with Crippen molar-refractivity contribution in [3.8, 4) is 0 Å². The maximum absolute atomic E-state index is 13.7. The van der Waals surface area contributed by atoms with Crippen molar-refractivity contribution in [2.45, 2.75) is 12.3 Å². The Morgan fingerprint density at radius 2 is 1.65 bits per heavy atom. The highest BCUT2D eigenvalue weighted by atomic mass is 35.5. The summed E-state index contributed by atoms with van der Waals surface area (Å²) in [6.07, 6.45) is 0.307. The molecule has 0 aliphatic heterocycles. The number of hydrogen-bond donors (Lipinski definition) is 1. The van der Waals surface area contributed by atoms with E-state index in [2.05, 4.69) is 5.32 Å². The molecule has 2 aromatic carbocycles. The SMILES string of the molecule is CNCC(Cc1c(F)cccc1F)c1ccc(Cl)cc1. The van der Waals surface area contributed by atoms with Gasteiger partial charge in [-0.05, 0) is 43.3 Å². The Labute approximate surface area is 122 Å². The maximum atomic E-state index is 13.7. The molecule has 2 rings (SSSR count). The molecule has 0 aliphatic carbocycles. The molecule has 0 saturated heterocycles. The molecule has 0 aromatic heterocycles. The van der Waals surface area contributed by atoms with Crippen molar-refractivity contribution >= 4 is 11.6 Å². The number of nitrogens with one attached hydrogen (secondary N) is 1. The third kappa shape index (κ3) is 3.56. The van der Waals surface area contributed by atoms with E-state index in [-0.39, 0.29) is 11.5 Å². The molecule has 106 valence electrons. The summed E-state index contributed by atoms with van der Waals surface area (Å²) < 4.78 is 27.5. The van der Waals surface area contributed by atoms with Crippen LogP contribution in [0.15, 0.2) is 42.5 Å². The van der Waals surface area contributed by atoms with Gasteiger partial charge >= 0.3 is 0 Å². The Morgan fingerprint density at radius 1 is 1.05 bits per heavy atom. The van der Waals surface area contributed by atoms with Crippen LogP contribution < -0.4 is 5.32 Å². The number of hydrogen-bond acceptors (Lipinski definition) is 1. The summed E-state index contributed by atoms with van der Waals surface area (Å²) in [6.45, 7) is 0.634. The Hall–Kier alpha value is -1.45. The fourth-order valence-electron chi connectivity index (χ4n) is 2.26. The number of halogens is 3. The normalized spacial score (nSPS) is 12.4. The lowest BCUT2D eigenvalue weighted by Crippen LogP contribution is -2.20. The highest BCUT2D eigenvalue weighted by molar-refractivity contribution is 6.30. The van der Waals surface area contributed by atoms with Crippen LogP contribution in [0.25, 0.3) is 0 Å². The average Bonchev–Trinajstić information content (AvgIpc) is 2.43. The molecular weight excluding hydrogens is 280 g/mol. The zero-order valence-electron chi connectivity index (χ0n) is 11.2. The third-order valence-corrected chi connectivity index (χ3v) is 3.56. The molecule has 1 nitrogen and oxygen atoms in total. The van der Waals surface area contributed by atoms with Gasteiger partial charge in [0.05, 0.1) is 0 Å². The van der Waals surface area contributed by atoms with E-state index in [0.29, 0.717) is 18.0 Å². The maximum Gasteiger partial charge on any atom is 0.129 e. The first kappa shape index (κ1) is 14.9. The van der Waals surface area contributed by atoms with Gasteiger partial charge in [-0.2, -0.15) is 0 Å². The first-order chi connectivity index (χ1) is 9.61. The average molecular weight is 296 g/mol. The topological polar surface area (TPSA) is 12.0 Å². The Kier molecular flexibility index (Phi) is 5.10. The lowest BCUT2D eigenvalue weighted by Gasteiger charge is -2.18. The standard InChI is InChI=1S/C16H16ClF2N/c1-20-10-12(11-5-7-13(17)8-6-11)9-14-15(18)3-2-4-16(14)19/h2-8,12,20H,9-10H2,1H3. The van der Waals surface area contributed by atoms with E-state index in [4.69, 9.17) is 11.6 Å². The lowest BCUT2D eigenvalue weighted by molar-refractivity contribution is 0.529. The molecule has 20 heavy (non-hydrogen) atoms. The molecule has 0 bridgehead atoms. The Morgan fingerprint density at radius 3 is 2.20 bits per heavy atom. The van der Waals surface area contributed by atoms with Crippen molar-refractivity contribution in [3.05, 3.63) is 70.2 Å². The van der Waals surface area contributed by atoms with Gasteiger partial charge in [-0.25, -0.2) is 8.78 Å². The quantitative estimate of drug-likeness (QED) is 0.873. The minimum absolute atomic E-state index is 0.0105. The van der Waals surface area contributed by atoms with Crippen LogP contribution in [0, 0.1) is 11.6 Å². The van der Waals surface area contributed by atoms with Crippen LogP contribution in [0.3, 0.4) is 0 Å². The van der Waals surface area contributed by atoms with Gasteiger partial charge in [-0.3, -0.25) is 0 Å². The molecule has 1 atom stereocenters. The Bertz CT molecular complexity index is 549. The Balaban J connectivity index is 2.28.